The van der Waals surface area contributed by atoms with E-state index in [0.29, 0.717) is 17.0 Å². The van der Waals surface area contributed by atoms with Crippen LogP contribution in [0.1, 0.15) is 27.5 Å². The molecule has 8 heteroatoms. The predicted molar refractivity (Wildman–Crippen MR) is 130 cm³/mol. The van der Waals surface area contributed by atoms with E-state index in [2.05, 4.69) is 21.4 Å². The van der Waals surface area contributed by atoms with Gasteiger partial charge >= 0.3 is 0 Å². The Labute approximate surface area is 205 Å². The standard InChI is InChI=1S/C26H22BrN3O4/c1-15-6-3-10-19(12-15)29-25(32)21-22(16-7-5-11-20(14-16)34-2)28-30(23(21)26(29)33)24(31)17-8-4-9-18(27)13-17/h3-14,21-23,28H,1-2H3/t21-,22-,23-/m0/s1. The number of nitrogens with zero attached hydrogens (tertiary/aromatic N) is 2. The van der Waals surface area contributed by atoms with E-state index in [1.54, 1.807) is 43.5 Å². The molecule has 5 rings (SSSR count). The van der Waals surface area contributed by atoms with Gasteiger partial charge in [0.1, 0.15) is 11.8 Å². The van der Waals surface area contributed by atoms with Gasteiger partial charge in [-0.15, -0.1) is 0 Å². The highest BCUT2D eigenvalue weighted by molar-refractivity contribution is 9.10. The lowest BCUT2D eigenvalue weighted by molar-refractivity contribution is -0.123. The van der Waals surface area contributed by atoms with E-state index < -0.39 is 23.9 Å². The molecule has 2 aliphatic rings. The largest absolute Gasteiger partial charge is 0.497 e. The highest BCUT2D eigenvalue weighted by atomic mass is 79.9. The van der Waals surface area contributed by atoms with Crippen LogP contribution in [-0.2, 0) is 9.59 Å². The van der Waals surface area contributed by atoms with Crippen molar-refractivity contribution in [2.75, 3.05) is 12.0 Å². The lowest BCUT2D eigenvalue weighted by Gasteiger charge is -2.25. The first kappa shape index (κ1) is 22.3. The number of nitrogens with one attached hydrogen (secondary N) is 1. The number of hydrogen-bond acceptors (Lipinski definition) is 5. The Hall–Kier alpha value is -3.49. The number of hydrazine groups is 1. The first-order valence-corrected chi connectivity index (χ1v) is 11.6. The Morgan fingerprint density at radius 2 is 1.74 bits per heavy atom. The van der Waals surface area contributed by atoms with Crippen LogP contribution in [-0.4, -0.2) is 35.9 Å². The average molecular weight is 520 g/mol. The molecule has 0 unspecified atom stereocenters. The van der Waals surface area contributed by atoms with Gasteiger partial charge in [-0.25, -0.2) is 10.3 Å². The van der Waals surface area contributed by atoms with Crippen LogP contribution in [0.3, 0.4) is 0 Å². The zero-order chi connectivity index (χ0) is 24.0. The van der Waals surface area contributed by atoms with Crippen LogP contribution in [0.15, 0.2) is 77.3 Å². The molecule has 3 atom stereocenters. The SMILES string of the molecule is COc1cccc([C@@H]2NN(C(=O)c3cccc(Br)c3)[C@@H]3C(=O)N(c4cccc(C)c4)C(=O)[C@H]32)c1. The lowest BCUT2D eigenvalue weighted by atomic mass is 9.90. The number of carbonyl (C=O) groups excluding carboxylic acids is 3. The molecule has 0 saturated carbocycles. The van der Waals surface area contributed by atoms with Gasteiger partial charge in [0.05, 0.1) is 24.8 Å². The number of fused-ring (bicyclic) bond motifs is 1. The van der Waals surface area contributed by atoms with E-state index in [9.17, 15) is 14.4 Å². The summed E-state index contributed by atoms with van der Waals surface area (Å²) < 4.78 is 6.10. The summed E-state index contributed by atoms with van der Waals surface area (Å²) in [4.78, 5) is 42.1. The van der Waals surface area contributed by atoms with Crippen LogP contribution in [0.2, 0.25) is 0 Å². The zero-order valence-electron chi connectivity index (χ0n) is 18.6. The molecule has 2 aliphatic heterocycles. The number of imide groups is 1. The number of ether oxygens (including phenoxy) is 1. The molecule has 3 aromatic rings. The van der Waals surface area contributed by atoms with Crippen molar-refractivity contribution in [1.82, 2.24) is 10.4 Å². The zero-order valence-corrected chi connectivity index (χ0v) is 20.2. The van der Waals surface area contributed by atoms with E-state index in [4.69, 9.17) is 4.74 Å². The van der Waals surface area contributed by atoms with Crippen molar-refractivity contribution >= 4 is 39.3 Å². The summed E-state index contributed by atoms with van der Waals surface area (Å²) in [6.07, 6.45) is 0. The van der Waals surface area contributed by atoms with Gasteiger partial charge in [-0.2, -0.15) is 0 Å². The summed E-state index contributed by atoms with van der Waals surface area (Å²) in [7, 11) is 1.57. The molecule has 2 saturated heterocycles. The topological polar surface area (TPSA) is 79.0 Å². The molecule has 3 aromatic carbocycles. The van der Waals surface area contributed by atoms with E-state index in [-0.39, 0.29) is 11.8 Å². The second-order valence-electron chi connectivity index (χ2n) is 8.39. The first-order chi connectivity index (χ1) is 16.4. The maximum Gasteiger partial charge on any atom is 0.268 e. The molecule has 3 amide bonds. The minimum atomic E-state index is -0.976. The van der Waals surface area contributed by atoms with Crippen molar-refractivity contribution in [1.29, 1.82) is 0 Å². The number of hydrogen-bond donors (Lipinski definition) is 1. The Bertz CT molecular complexity index is 1310. The minimum absolute atomic E-state index is 0.342. The first-order valence-electron chi connectivity index (χ1n) is 10.8. The highest BCUT2D eigenvalue weighted by Gasteiger charge is 2.60. The third-order valence-electron chi connectivity index (χ3n) is 6.24. The van der Waals surface area contributed by atoms with Crippen molar-refractivity contribution in [3.63, 3.8) is 0 Å². The molecule has 172 valence electrons. The van der Waals surface area contributed by atoms with Crippen LogP contribution in [0, 0.1) is 12.8 Å². The predicted octanol–water partition coefficient (Wildman–Crippen LogP) is 4.03. The number of carbonyl (C=O) groups is 3. The van der Waals surface area contributed by atoms with Gasteiger partial charge in [0.2, 0.25) is 5.91 Å². The summed E-state index contributed by atoms with van der Waals surface area (Å²) in [5, 5.41) is 1.31. The Morgan fingerprint density at radius 1 is 0.971 bits per heavy atom. The van der Waals surface area contributed by atoms with Gasteiger partial charge in [0, 0.05) is 10.0 Å². The number of rotatable bonds is 4. The summed E-state index contributed by atoms with van der Waals surface area (Å²) in [5.74, 6) is -1.31. The van der Waals surface area contributed by atoms with Crippen molar-refractivity contribution in [3.05, 3.63) is 94.0 Å². The van der Waals surface area contributed by atoms with E-state index >= 15 is 0 Å². The molecule has 0 aromatic heterocycles. The van der Waals surface area contributed by atoms with Gasteiger partial charge in [-0.05, 0) is 60.5 Å². The van der Waals surface area contributed by atoms with Crippen molar-refractivity contribution < 1.29 is 19.1 Å². The van der Waals surface area contributed by atoms with Gasteiger partial charge < -0.3 is 4.74 Å². The molecule has 2 heterocycles. The van der Waals surface area contributed by atoms with Crippen LogP contribution in [0.25, 0.3) is 0 Å². The molecule has 0 radical (unpaired) electrons. The Balaban J connectivity index is 1.60. The van der Waals surface area contributed by atoms with Crippen LogP contribution >= 0.6 is 15.9 Å². The van der Waals surface area contributed by atoms with E-state index in [1.165, 1.54) is 9.91 Å². The summed E-state index contributed by atoms with van der Waals surface area (Å²) in [6.45, 7) is 1.90. The van der Waals surface area contributed by atoms with Gasteiger partial charge in [0.25, 0.3) is 11.8 Å². The van der Waals surface area contributed by atoms with Crippen LogP contribution in [0.5, 0.6) is 5.75 Å². The Kier molecular flexibility index (Phi) is 5.71. The van der Waals surface area contributed by atoms with Gasteiger partial charge in [0.15, 0.2) is 0 Å². The van der Waals surface area contributed by atoms with Crippen molar-refractivity contribution in [3.8, 4) is 5.75 Å². The fourth-order valence-corrected chi connectivity index (χ4v) is 5.07. The Morgan fingerprint density at radius 3 is 2.47 bits per heavy atom. The number of anilines is 1. The molecule has 0 aliphatic carbocycles. The summed E-state index contributed by atoms with van der Waals surface area (Å²) >= 11 is 3.39. The van der Waals surface area contributed by atoms with Crippen LogP contribution < -0.4 is 15.1 Å². The molecular formula is C26H22BrN3O4. The number of halogens is 1. The third kappa shape index (κ3) is 3.69. The minimum Gasteiger partial charge on any atom is -0.497 e. The molecule has 2 fully saturated rings. The molecule has 0 spiro atoms. The van der Waals surface area contributed by atoms with Gasteiger partial charge in [-0.1, -0.05) is 46.3 Å². The maximum atomic E-state index is 13.7. The normalized spacial score (nSPS) is 21.7. The molecular weight excluding hydrogens is 498 g/mol. The van der Waals surface area contributed by atoms with E-state index in [0.717, 1.165) is 15.6 Å². The second-order valence-corrected chi connectivity index (χ2v) is 9.31. The molecule has 34 heavy (non-hydrogen) atoms. The van der Waals surface area contributed by atoms with Crippen molar-refractivity contribution in [2.24, 2.45) is 5.92 Å². The fraction of sp³-hybridized carbons (Fsp3) is 0.192. The quantitative estimate of drug-likeness (QED) is 0.526. The number of benzene rings is 3. The maximum absolute atomic E-state index is 13.7. The smallest absolute Gasteiger partial charge is 0.268 e. The molecule has 0 bridgehead atoms. The lowest BCUT2D eigenvalue weighted by Crippen LogP contribution is -2.48. The number of amides is 3. The average Bonchev–Trinajstić information content (AvgIpc) is 3.35. The number of methoxy groups -OCH3 is 1. The molecule has 7 nitrogen and oxygen atoms in total. The van der Waals surface area contributed by atoms with Gasteiger partial charge in [-0.3, -0.25) is 19.4 Å². The summed E-state index contributed by atoms with van der Waals surface area (Å²) in [6, 6.07) is 19.9. The summed E-state index contributed by atoms with van der Waals surface area (Å²) in [5.41, 5.74) is 5.76. The highest BCUT2D eigenvalue weighted by Crippen LogP contribution is 2.43. The molecule has 1 N–H and O–H groups in total. The fourth-order valence-electron chi connectivity index (χ4n) is 4.67. The number of aryl methyl sites for hydroxylation is 1. The van der Waals surface area contributed by atoms with Crippen molar-refractivity contribution in [2.45, 2.75) is 19.0 Å². The monoisotopic (exact) mass is 519 g/mol. The van der Waals surface area contributed by atoms with E-state index in [1.807, 2.05) is 43.3 Å². The third-order valence-corrected chi connectivity index (χ3v) is 6.73. The van der Waals surface area contributed by atoms with Crippen LogP contribution in [0.4, 0.5) is 5.69 Å². The second kappa shape index (κ2) is 8.70.